The van der Waals surface area contributed by atoms with E-state index in [0.29, 0.717) is 0 Å². The first-order valence-corrected chi connectivity index (χ1v) is 6.94. The summed E-state index contributed by atoms with van der Waals surface area (Å²) >= 11 is 1.93. The van der Waals surface area contributed by atoms with Crippen molar-refractivity contribution in [1.82, 2.24) is 0 Å². The number of aryl methyl sites for hydroxylation is 1. The summed E-state index contributed by atoms with van der Waals surface area (Å²) in [5.41, 5.74) is 2.28. The van der Waals surface area contributed by atoms with Gasteiger partial charge in [-0.1, -0.05) is 18.2 Å². The standard InChI is InChI=1S/C13H19NOS/c1-11-5-2-3-6-12(11)14-13(9-15)7-4-8-16-10-13/h2-3,5-6,14-15H,4,7-10H2,1H3. The Balaban J connectivity index is 2.15. The first-order valence-electron chi connectivity index (χ1n) is 5.78. The zero-order valence-corrected chi connectivity index (χ0v) is 10.5. The molecule has 0 spiro atoms. The molecule has 2 rings (SSSR count). The second-order valence-corrected chi connectivity index (χ2v) is 5.64. The summed E-state index contributed by atoms with van der Waals surface area (Å²) in [4.78, 5) is 0. The van der Waals surface area contributed by atoms with Crippen molar-refractivity contribution in [3.05, 3.63) is 29.8 Å². The van der Waals surface area contributed by atoms with Gasteiger partial charge in [0.1, 0.15) is 0 Å². The van der Waals surface area contributed by atoms with Gasteiger partial charge >= 0.3 is 0 Å². The molecule has 0 aromatic heterocycles. The van der Waals surface area contributed by atoms with Crippen LogP contribution < -0.4 is 5.32 Å². The molecule has 0 saturated carbocycles. The zero-order chi connectivity index (χ0) is 11.4. The average Bonchev–Trinajstić information content (AvgIpc) is 2.33. The maximum absolute atomic E-state index is 9.62. The van der Waals surface area contributed by atoms with Crippen molar-refractivity contribution >= 4 is 17.4 Å². The van der Waals surface area contributed by atoms with Crippen LogP contribution in [0.3, 0.4) is 0 Å². The summed E-state index contributed by atoms with van der Waals surface area (Å²) in [6, 6.07) is 8.27. The fraction of sp³-hybridized carbons (Fsp3) is 0.538. The number of rotatable bonds is 3. The van der Waals surface area contributed by atoms with Gasteiger partial charge in [0, 0.05) is 11.4 Å². The number of benzene rings is 1. The van der Waals surface area contributed by atoms with Gasteiger partial charge in [0.15, 0.2) is 0 Å². The Morgan fingerprint density at radius 3 is 2.88 bits per heavy atom. The quantitative estimate of drug-likeness (QED) is 0.847. The van der Waals surface area contributed by atoms with Gasteiger partial charge in [0.2, 0.25) is 0 Å². The van der Waals surface area contributed by atoms with E-state index in [4.69, 9.17) is 0 Å². The molecule has 1 atom stereocenters. The van der Waals surface area contributed by atoms with E-state index in [-0.39, 0.29) is 12.1 Å². The zero-order valence-electron chi connectivity index (χ0n) is 9.70. The van der Waals surface area contributed by atoms with E-state index in [2.05, 4.69) is 24.4 Å². The lowest BCUT2D eigenvalue weighted by atomic mass is 9.95. The molecule has 16 heavy (non-hydrogen) atoms. The van der Waals surface area contributed by atoms with E-state index in [1.807, 2.05) is 23.9 Å². The summed E-state index contributed by atoms with van der Waals surface area (Å²) in [6.45, 7) is 2.32. The molecule has 1 saturated heterocycles. The summed E-state index contributed by atoms with van der Waals surface area (Å²) in [7, 11) is 0. The second-order valence-electron chi connectivity index (χ2n) is 4.53. The van der Waals surface area contributed by atoms with Crippen LogP contribution in [-0.2, 0) is 0 Å². The number of thioether (sulfide) groups is 1. The molecule has 3 heteroatoms. The Bertz CT molecular complexity index is 348. The molecule has 1 aliphatic rings. The normalized spacial score (nSPS) is 25.4. The molecule has 2 N–H and O–H groups in total. The SMILES string of the molecule is Cc1ccccc1NC1(CO)CCCSC1. The molecule has 0 aliphatic carbocycles. The van der Waals surface area contributed by atoms with Crippen LogP contribution in [0.4, 0.5) is 5.69 Å². The number of hydrogen-bond acceptors (Lipinski definition) is 3. The number of anilines is 1. The first kappa shape index (κ1) is 11.8. The fourth-order valence-electron chi connectivity index (χ4n) is 2.11. The molecule has 1 heterocycles. The monoisotopic (exact) mass is 237 g/mol. The Kier molecular flexibility index (Phi) is 3.77. The van der Waals surface area contributed by atoms with Gasteiger partial charge < -0.3 is 10.4 Å². The van der Waals surface area contributed by atoms with E-state index in [1.54, 1.807) is 0 Å². The van der Waals surface area contributed by atoms with E-state index < -0.39 is 0 Å². The van der Waals surface area contributed by atoms with Crippen molar-refractivity contribution in [3.63, 3.8) is 0 Å². The Morgan fingerprint density at radius 2 is 2.25 bits per heavy atom. The Morgan fingerprint density at radius 1 is 1.44 bits per heavy atom. The smallest absolute Gasteiger partial charge is 0.0694 e. The van der Waals surface area contributed by atoms with Gasteiger partial charge in [-0.3, -0.25) is 0 Å². The van der Waals surface area contributed by atoms with E-state index in [0.717, 1.165) is 17.9 Å². The Labute approximate surface area is 101 Å². The van der Waals surface area contributed by atoms with E-state index in [9.17, 15) is 5.11 Å². The summed E-state index contributed by atoms with van der Waals surface area (Å²) in [6.07, 6.45) is 2.24. The van der Waals surface area contributed by atoms with Crippen LogP contribution in [0.1, 0.15) is 18.4 Å². The van der Waals surface area contributed by atoms with Crippen molar-refractivity contribution in [2.75, 3.05) is 23.4 Å². The van der Waals surface area contributed by atoms with Gasteiger partial charge in [-0.15, -0.1) is 0 Å². The van der Waals surface area contributed by atoms with Gasteiger partial charge in [0.05, 0.1) is 12.1 Å². The third kappa shape index (κ3) is 2.53. The van der Waals surface area contributed by atoms with Crippen LogP contribution >= 0.6 is 11.8 Å². The van der Waals surface area contributed by atoms with Crippen LogP contribution in [-0.4, -0.2) is 28.8 Å². The van der Waals surface area contributed by atoms with Crippen molar-refractivity contribution in [2.24, 2.45) is 0 Å². The molecule has 1 fully saturated rings. The molecule has 2 nitrogen and oxygen atoms in total. The number of nitrogens with one attached hydrogen (secondary N) is 1. The fourth-order valence-corrected chi connectivity index (χ4v) is 3.31. The third-order valence-electron chi connectivity index (χ3n) is 3.17. The highest BCUT2D eigenvalue weighted by Gasteiger charge is 2.31. The predicted octanol–water partition coefficient (Wildman–Crippen LogP) is 2.67. The van der Waals surface area contributed by atoms with Crippen LogP contribution in [0.15, 0.2) is 24.3 Å². The maximum Gasteiger partial charge on any atom is 0.0694 e. The minimum absolute atomic E-state index is 0.116. The highest BCUT2D eigenvalue weighted by Crippen LogP contribution is 2.30. The van der Waals surface area contributed by atoms with Gasteiger partial charge in [-0.05, 0) is 37.1 Å². The summed E-state index contributed by atoms with van der Waals surface area (Å²) in [5.74, 6) is 2.22. The largest absolute Gasteiger partial charge is 0.394 e. The van der Waals surface area contributed by atoms with E-state index >= 15 is 0 Å². The molecule has 0 bridgehead atoms. The third-order valence-corrected chi connectivity index (χ3v) is 4.50. The number of hydrogen-bond donors (Lipinski definition) is 2. The maximum atomic E-state index is 9.62. The van der Waals surface area contributed by atoms with Crippen molar-refractivity contribution < 1.29 is 5.11 Å². The Hall–Kier alpha value is -0.670. The van der Waals surface area contributed by atoms with Crippen LogP contribution in [0.25, 0.3) is 0 Å². The highest BCUT2D eigenvalue weighted by atomic mass is 32.2. The molecule has 1 aliphatic heterocycles. The predicted molar refractivity (Wildman–Crippen MR) is 71.2 cm³/mol. The van der Waals surface area contributed by atoms with E-state index in [1.165, 1.54) is 17.7 Å². The molecule has 88 valence electrons. The molecule has 0 amide bonds. The lowest BCUT2D eigenvalue weighted by Gasteiger charge is -2.37. The minimum Gasteiger partial charge on any atom is -0.394 e. The summed E-state index contributed by atoms with van der Waals surface area (Å²) < 4.78 is 0. The van der Waals surface area contributed by atoms with Crippen LogP contribution in [0.5, 0.6) is 0 Å². The molecule has 1 aromatic rings. The molecular weight excluding hydrogens is 218 g/mol. The first-order chi connectivity index (χ1) is 7.76. The lowest BCUT2D eigenvalue weighted by molar-refractivity contribution is 0.215. The van der Waals surface area contributed by atoms with Crippen LogP contribution in [0, 0.1) is 6.92 Å². The summed E-state index contributed by atoms with van der Waals surface area (Å²) in [5, 5.41) is 13.2. The van der Waals surface area contributed by atoms with Crippen molar-refractivity contribution in [1.29, 1.82) is 0 Å². The number of aliphatic hydroxyl groups is 1. The molecular formula is C13H19NOS. The van der Waals surface area contributed by atoms with Crippen molar-refractivity contribution in [2.45, 2.75) is 25.3 Å². The van der Waals surface area contributed by atoms with Gasteiger partial charge in [-0.2, -0.15) is 11.8 Å². The molecule has 1 aromatic carbocycles. The topological polar surface area (TPSA) is 32.3 Å². The molecule has 1 unspecified atom stereocenters. The molecule has 0 radical (unpaired) electrons. The average molecular weight is 237 g/mol. The number of para-hydroxylation sites is 1. The van der Waals surface area contributed by atoms with Crippen molar-refractivity contribution in [3.8, 4) is 0 Å². The number of aliphatic hydroxyl groups excluding tert-OH is 1. The van der Waals surface area contributed by atoms with Gasteiger partial charge in [-0.25, -0.2) is 0 Å². The minimum atomic E-state index is -0.116. The van der Waals surface area contributed by atoms with Gasteiger partial charge in [0.25, 0.3) is 0 Å². The van der Waals surface area contributed by atoms with Crippen LogP contribution in [0.2, 0.25) is 0 Å². The lowest BCUT2D eigenvalue weighted by Crippen LogP contribution is -2.46. The second kappa shape index (κ2) is 5.11. The highest BCUT2D eigenvalue weighted by molar-refractivity contribution is 7.99.